The first kappa shape index (κ1) is 14.2. The molecule has 0 saturated heterocycles. The molecule has 0 aromatic rings. The van der Waals surface area contributed by atoms with Gasteiger partial charge in [0.2, 0.25) is 0 Å². The molecule has 0 aliphatic heterocycles. The van der Waals surface area contributed by atoms with Crippen LogP contribution in [0.25, 0.3) is 0 Å². The lowest BCUT2D eigenvalue weighted by Gasteiger charge is -2.15. The number of rotatable bonds is 9. The van der Waals surface area contributed by atoms with Gasteiger partial charge in [-0.25, -0.2) is 4.79 Å². The summed E-state index contributed by atoms with van der Waals surface area (Å²) in [6.07, 6.45) is 5.00. The van der Waals surface area contributed by atoms with E-state index >= 15 is 0 Å². The fourth-order valence-electron chi connectivity index (χ4n) is 1.52. The molecule has 0 radical (unpaired) electrons. The number of aliphatic hydroxyl groups is 1. The van der Waals surface area contributed by atoms with Crippen molar-refractivity contribution in [3.05, 3.63) is 0 Å². The second-order valence-electron chi connectivity index (χ2n) is 3.72. The van der Waals surface area contributed by atoms with E-state index in [1.54, 1.807) is 0 Å². The summed E-state index contributed by atoms with van der Waals surface area (Å²) < 4.78 is 4.74. The molecule has 15 heavy (non-hydrogen) atoms. The van der Waals surface area contributed by atoms with Crippen molar-refractivity contribution in [2.45, 2.75) is 58.0 Å². The van der Waals surface area contributed by atoms with Crippen molar-refractivity contribution in [2.24, 2.45) is 0 Å². The smallest absolute Gasteiger partial charge is 0.450 e. The lowest BCUT2D eigenvalue weighted by molar-refractivity contribution is 0.0404. The van der Waals surface area contributed by atoms with Gasteiger partial charge in [-0.3, -0.25) is 0 Å². The van der Waals surface area contributed by atoms with E-state index in [-0.39, 0.29) is 12.7 Å². The Hall–Kier alpha value is -0.770. The van der Waals surface area contributed by atoms with Gasteiger partial charge in [0.05, 0.1) is 0 Å². The summed E-state index contributed by atoms with van der Waals surface area (Å²) in [5, 5.41) is 17.2. The maximum absolute atomic E-state index is 10.4. The molecule has 0 fully saturated rings. The van der Waals surface area contributed by atoms with Crippen molar-refractivity contribution in [3.8, 4) is 0 Å². The van der Waals surface area contributed by atoms with Crippen LogP contribution in [-0.2, 0) is 4.74 Å². The topological polar surface area (TPSA) is 66.8 Å². The Balaban J connectivity index is 3.64. The van der Waals surface area contributed by atoms with Gasteiger partial charge in [0.25, 0.3) is 0 Å². The van der Waals surface area contributed by atoms with Crippen LogP contribution in [0.1, 0.15) is 51.9 Å². The van der Waals surface area contributed by atoms with Crippen LogP contribution < -0.4 is 0 Å². The highest BCUT2D eigenvalue weighted by Gasteiger charge is 2.12. The normalized spacial score (nSPS) is 12.4. The predicted molar refractivity (Wildman–Crippen MR) is 58.0 cm³/mol. The molecule has 0 saturated carbocycles. The fraction of sp³-hybridized carbons (Fsp3) is 0.909. The monoisotopic (exact) mass is 218 g/mol. The maximum Gasteiger partial charge on any atom is 0.506 e. The molecule has 0 heterocycles. The molecule has 0 amide bonds. The quantitative estimate of drug-likeness (QED) is 0.461. The SMILES string of the molecule is CCCCCCC(CCCO)OC(=O)O. The summed E-state index contributed by atoms with van der Waals surface area (Å²) in [6, 6.07) is 0. The van der Waals surface area contributed by atoms with Crippen LogP contribution in [0, 0.1) is 0 Å². The summed E-state index contributed by atoms with van der Waals surface area (Å²) in [4.78, 5) is 10.4. The third-order valence-electron chi connectivity index (χ3n) is 2.33. The maximum atomic E-state index is 10.4. The largest absolute Gasteiger partial charge is 0.506 e. The number of aliphatic hydroxyl groups excluding tert-OH is 1. The Morgan fingerprint density at radius 1 is 1.20 bits per heavy atom. The highest BCUT2D eigenvalue weighted by atomic mass is 16.7. The zero-order chi connectivity index (χ0) is 11.5. The molecular weight excluding hydrogens is 196 g/mol. The van der Waals surface area contributed by atoms with Crippen molar-refractivity contribution in [3.63, 3.8) is 0 Å². The first-order valence-corrected chi connectivity index (χ1v) is 5.71. The minimum absolute atomic E-state index is 0.0917. The second-order valence-corrected chi connectivity index (χ2v) is 3.72. The highest BCUT2D eigenvalue weighted by Crippen LogP contribution is 2.13. The Bertz CT molecular complexity index is 159. The lowest BCUT2D eigenvalue weighted by Crippen LogP contribution is -2.17. The first-order valence-electron chi connectivity index (χ1n) is 5.71. The van der Waals surface area contributed by atoms with Crippen LogP contribution in [-0.4, -0.2) is 29.1 Å². The number of unbranched alkanes of at least 4 members (excludes halogenated alkanes) is 3. The summed E-state index contributed by atoms with van der Waals surface area (Å²) >= 11 is 0. The van der Waals surface area contributed by atoms with Crippen LogP contribution in [0.2, 0.25) is 0 Å². The van der Waals surface area contributed by atoms with Gasteiger partial charge in [0.1, 0.15) is 6.10 Å². The summed E-state index contributed by atoms with van der Waals surface area (Å²) in [7, 11) is 0. The van der Waals surface area contributed by atoms with Crippen LogP contribution in [0.5, 0.6) is 0 Å². The van der Waals surface area contributed by atoms with E-state index in [0.29, 0.717) is 12.8 Å². The van der Waals surface area contributed by atoms with Gasteiger partial charge in [-0.1, -0.05) is 26.2 Å². The average Bonchev–Trinajstić information content (AvgIpc) is 2.19. The number of hydrogen-bond acceptors (Lipinski definition) is 3. The van der Waals surface area contributed by atoms with Gasteiger partial charge < -0.3 is 14.9 Å². The molecule has 0 spiro atoms. The summed E-state index contributed by atoms with van der Waals surface area (Å²) in [5.41, 5.74) is 0. The first-order chi connectivity index (χ1) is 7.20. The Labute approximate surface area is 91.3 Å². The zero-order valence-corrected chi connectivity index (χ0v) is 9.45. The van der Waals surface area contributed by atoms with E-state index < -0.39 is 6.16 Å². The van der Waals surface area contributed by atoms with Gasteiger partial charge in [0, 0.05) is 6.61 Å². The summed E-state index contributed by atoms with van der Waals surface area (Å²) in [6.45, 7) is 2.23. The molecule has 2 N–H and O–H groups in total. The minimum atomic E-state index is -1.21. The Kier molecular flexibility index (Phi) is 9.27. The zero-order valence-electron chi connectivity index (χ0n) is 9.45. The molecule has 0 aliphatic carbocycles. The minimum Gasteiger partial charge on any atom is -0.450 e. The number of ether oxygens (including phenoxy) is 1. The van der Waals surface area contributed by atoms with E-state index in [1.165, 1.54) is 12.8 Å². The van der Waals surface area contributed by atoms with Gasteiger partial charge in [-0.15, -0.1) is 0 Å². The van der Waals surface area contributed by atoms with Gasteiger partial charge in [0.15, 0.2) is 0 Å². The number of carbonyl (C=O) groups is 1. The molecule has 0 rings (SSSR count). The molecule has 0 aliphatic rings. The van der Waals surface area contributed by atoms with E-state index in [0.717, 1.165) is 19.3 Å². The third-order valence-corrected chi connectivity index (χ3v) is 2.33. The van der Waals surface area contributed by atoms with E-state index in [2.05, 4.69) is 6.92 Å². The van der Waals surface area contributed by atoms with Crippen molar-refractivity contribution < 1.29 is 19.7 Å². The predicted octanol–water partition coefficient (Wildman–Crippen LogP) is 2.79. The van der Waals surface area contributed by atoms with Gasteiger partial charge in [-0.05, 0) is 25.7 Å². The van der Waals surface area contributed by atoms with E-state index in [1.807, 2.05) is 0 Å². The van der Waals surface area contributed by atoms with Crippen LogP contribution >= 0.6 is 0 Å². The van der Waals surface area contributed by atoms with Gasteiger partial charge in [-0.2, -0.15) is 0 Å². The summed E-state index contributed by atoms with van der Waals surface area (Å²) in [5.74, 6) is 0. The van der Waals surface area contributed by atoms with E-state index in [4.69, 9.17) is 14.9 Å². The molecule has 90 valence electrons. The lowest BCUT2D eigenvalue weighted by atomic mass is 10.1. The van der Waals surface area contributed by atoms with Crippen molar-refractivity contribution >= 4 is 6.16 Å². The molecule has 1 unspecified atom stereocenters. The molecule has 1 atom stereocenters. The number of hydrogen-bond donors (Lipinski definition) is 2. The van der Waals surface area contributed by atoms with E-state index in [9.17, 15) is 4.79 Å². The van der Waals surface area contributed by atoms with Crippen LogP contribution in [0.3, 0.4) is 0 Å². The fourth-order valence-corrected chi connectivity index (χ4v) is 1.52. The molecule has 0 aromatic heterocycles. The molecule has 4 nitrogen and oxygen atoms in total. The number of carboxylic acid groups (broad SMARTS) is 1. The molecule has 4 heteroatoms. The Morgan fingerprint density at radius 3 is 2.40 bits per heavy atom. The second kappa shape index (κ2) is 9.77. The van der Waals surface area contributed by atoms with Crippen LogP contribution in [0.15, 0.2) is 0 Å². The highest BCUT2D eigenvalue weighted by molar-refractivity contribution is 5.57. The van der Waals surface area contributed by atoms with Crippen LogP contribution in [0.4, 0.5) is 4.79 Å². The van der Waals surface area contributed by atoms with Gasteiger partial charge >= 0.3 is 6.16 Å². The molecule has 0 bridgehead atoms. The standard InChI is InChI=1S/C11H22O4/c1-2-3-4-5-7-10(8-6-9-12)15-11(13)14/h10,12H,2-9H2,1H3,(H,13,14). The molecule has 0 aromatic carbocycles. The Morgan fingerprint density at radius 2 is 1.87 bits per heavy atom. The van der Waals surface area contributed by atoms with Crippen molar-refractivity contribution in [1.29, 1.82) is 0 Å². The average molecular weight is 218 g/mol. The third kappa shape index (κ3) is 9.53. The van der Waals surface area contributed by atoms with Crippen molar-refractivity contribution in [1.82, 2.24) is 0 Å². The molecular formula is C11H22O4. The van der Waals surface area contributed by atoms with Crippen molar-refractivity contribution in [2.75, 3.05) is 6.61 Å².